The van der Waals surface area contributed by atoms with Gasteiger partial charge in [0.15, 0.2) is 0 Å². The van der Waals surface area contributed by atoms with Crippen LogP contribution in [-0.2, 0) is 23.2 Å². The molecule has 0 radical (unpaired) electrons. The molecule has 22 heavy (non-hydrogen) atoms. The zero-order chi connectivity index (χ0) is 15.6. The van der Waals surface area contributed by atoms with Crippen LogP contribution in [0.15, 0.2) is 28.9 Å². The van der Waals surface area contributed by atoms with E-state index >= 15 is 0 Å². The first kappa shape index (κ1) is 15.3. The van der Waals surface area contributed by atoms with Crippen molar-refractivity contribution in [3.05, 3.63) is 41.6 Å². The second kappa shape index (κ2) is 6.23. The van der Waals surface area contributed by atoms with E-state index in [9.17, 15) is 8.42 Å². The maximum atomic E-state index is 12.5. The lowest BCUT2D eigenvalue weighted by Crippen LogP contribution is -2.39. The molecule has 1 atom stereocenters. The van der Waals surface area contributed by atoms with Crippen molar-refractivity contribution in [2.45, 2.75) is 38.8 Å². The Balaban J connectivity index is 1.69. The van der Waals surface area contributed by atoms with Crippen LogP contribution in [0.25, 0.3) is 0 Å². The van der Waals surface area contributed by atoms with Crippen LogP contribution in [0.1, 0.15) is 43.0 Å². The summed E-state index contributed by atoms with van der Waals surface area (Å²) in [5.74, 6) is 0.692. The molecule has 3 heterocycles. The molecule has 2 N–H and O–H groups in total. The molecule has 0 spiro atoms. The topological polar surface area (TPSA) is 91.2 Å². The lowest BCUT2D eigenvalue weighted by molar-refractivity contribution is 0.335. The van der Waals surface area contributed by atoms with Gasteiger partial charge in [-0.2, -0.15) is 22.5 Å². The Hall–Kier alpha value is -1.64. The summed E-state index contributed by atoms with van der Waals surface area (Å²) in [7, 11) is -3.56. The summed E-state index contributed by atoms with van der Waals surface area (Å²) in [6.45, 7) is 2.71. The number of H-pyrrole nitrogens is 1. The smallest absolute Gasteiger partial charge is 0.280 e. The number of nitrogens with zero attached hydrogens (tertiary/aromatic N) is 2. The van der Waals surface area contributed by atoms with Gasteiger partial charge in [0.25, 0.3) is 10.2 Å². The molecule has 3 rings (SSSR count). The van der Waals surface area contributed by atoms with Crippen LogP contribution in [0.2, 0.25) is 0 Å². The molecule has 0 unspecified atom stereocenters. The Labute approximate surface area is 129 Å². The quantitative estimate of drug-likeness (QED) is 0.846. The maximum Gasteiger partial charge on any atom is 0.280 e. The van der Waals surface area contributed by atoms with Crippen molar-refractivity contribution in [2.24, 2.45) is 0 Å². The minimum absolute atomic E-state index is 0.205. The molecule has 2 aromatic rings. The minimum atomic E-state index is -3.56. The first-order chi connectivity index (χ1) is 10.6. The molecule has 1 aliphatic rings. The molecule has 0 aliphatic carbocycles. The number of hydrogen-bond acceptors (Lipinski definition) is 4. The lowest BCUT2D eigenvalue weighted by Gasteiger charge is -2.22. The minimum Gasteiger partial charge on any atom is -0.468 e. The number of aromatic nitrogens is 2. The number of aromatic amines is 1. The molecule has 0 aromatic carbocycles. The number of furan rings is 1. The summed E-state index contributed by atoms with van der Waals surface area (Å²) < 4.78 is 34.5. The predicted molar refractivity (Wildman–Crippen MR) is 81.1 cm³/mol. The van der Waals surface area contributed by atoms with Crippen LogP contribution >= 0.6 is 0 Å². The molecular weight excluding hydrogens is 304 g/mol. The molecule has 2 aromatic heterocycles. The van der Waals surface area contributed by atoms with Crippen LogP contribution in [0.5, 0.6) is 0 Å². The molecule has 7 nitrogen and oxygen atoms in total. The van der Waals surface area contributed by atoms with Crippen molar-refractivity contribution in [1.29, 1.82) is 0 Å². The Bertz CT molecular complexity index is 708. The summed E-state index contributed by atoms with van der Waals surface area (Å²) in [6, 6.07) is 5.25. The standard InChI is InChI=1S/C14H20N4O3S/c1-2-11-9-12(17-16-11)10-15-22(19,20)18-7-3-5-13(18)14-6-4-8-21-14/h4,6,8-9,13,15H,2-3,5,7,10H2,1H3,(H,16,17)/t13-/m0/s1. The second-order valence-corrected chi connectivity index (χ2v) is 7.06. The van der Waals surface area contributed by atoms with E-state index in [0.29, 0.717) is 12.3 Å². The predicted octanol–water partition coefficient (Wildman–Crippen LogP) is 1.74. The van der Waals surface area contributed by atoms with Crippen molar-refractivity contribution in [1.82, 2.24) is 19.2 Å². The van der Waals surface area contributed by atoms with Gasteiger partial charge < -0.3 is 4.42 Å². The van der Waals surface area contributed by atoms with Gasteiger partial charge in [0.1, 0.15) is 5.76 Å². The highest BCUT2D eigenvalue weighted by Gasteiger charge is 2.36. The van der Waals surface area contributed by atoms with Gasteiger partial charge in [-0.15, -0.1) is 0 Å². The van der Waals surface area contributed by atoms with Gasteiger partial charge in [0.2, 0.25) is 0 Å². The van der Waals surface area contributed by atoms with E-state index in [2.05, 4.69) is 14.9 Å². The van der Waals surface area contributed by atoms with Gasteiger partial charge >= 0.3 is 0 Å². The zero-order valence-corrected chi connectivity index (χ0v) is 13.3. The average molecular weight is 324 g/mol. The summed E-state index contributed by atoms with van der Waals surface area (Å²) >= 11 is 0. The SMILES string of the molecule is CCc1cc(CNS(=O)(=O)N2CCC[C@H]2c2ccco2)[nH]n1. The Morgan fingerprint density at radius 1 is 1.55 bits per heavy atom. The zero-order valence-electron chi connectivity index (χ0n) is 12.4. The fourth-order valence-electron chi connectivity index (χ4n) is 2.73. The van der Waals surface area contributed by atoms with Crippen molar-refractivity contribution in [3.8, 4) is 0 Å². The average Bonchev–Trinajstić information content (AvgIpc) is 3.23. The van der Waals surface area contributed by atoms with Gasteiger partial charge in [0, 0.05) is 6.54 Å². The first-order valence-corrected chi connectivity index (χ1v) is 8.87. The van der Waals surface area contributed by atoms with Crippen LogP contribution in [0, 0.1) is 0 Å². The lowest BCUT2D eigenvalue weighted by atomic mass is 10.2. The van der Waals surface area contributed by atoms with E-state index < -0.39 is 10.2 Å². The third kappa shape index (κ3) is 3.08. The molecular formula is C14H20N4O3S. The monoisotopic (exact) mass is 324 g/mol. The van der Waals surface area contributed by atoms with Crippen molar-refractivity contribution < 1.29 is 12.8 Å². The van der Waals surface area contributed by atoms with Crippen LogP contribution in [0.3, 0.4) is 0 Å². The van der Waals surface area contributed by atoms with E-state index in [1.807, 2.05) is 19.1 Å². The van der Waals surface area contributed by atoms with E-state index in [-0.39, 0.29) is 12.6 Å². The molecule has 120 valence electrons. The van der Waals surface area contributed by atoms with Gasteiger partial charge in [0.05, 0.1) is 30.2 Å². The van der Waals surface area contributed by atoms with Crippen molar-refractivity contribution in [3.63, 3.8) is 0 Å². The van der Waals surface area contributed by atoms with Crippen molar-refractivity contribution in [2.75, 3.05) is 6.54 Å². The fraction of sp³-hybridized carbons (Fsp3) is 0.500. The summed E-state index contributed by atoms with van der Waals surface area (Å²) in [4.78, 5) is 0. The molecule has 0 bridgehead atoms. The molecule has 1 aliphatic heterocycles. The highest BCUT2D eigenvalue weighted by Crippen LogP contribution is 2.33. The van der Waals surface area contributed by atoms with Gasteiger partial charge in [-0.25, -0.2) is 0 Å². The number of hydrogen-bond donors (Lipinski definition) is 2. The normalized spacial score (nSPS) is 19.8. The van der Waals surface area contributed by atoms with Crippen LogP contribution in [-0.4, -0.2) is 29.5 Å². The van der Waals surface area contributed by atoms with E-state index in [0.717, 1.165) is 30.7 Å². The van der Waals surface area contributed by atoms with Gasteiger partial charge in [-0.05, 0) is 37.5 Å². The largest absolute Gasteiger partial charge is 0.468 e. The molecule has 1 fully saturated rings. The molecule has 0 amide bonds. The van der Waals surface area contributed by atoms with E-state index in [1.165, 1.54) is 4.31 Å². The third-order valence-electron chi connectivity index (χ3n) is 3.88. The maximum absolute atomic E-state index is 12.5. The van der Waals surface area contributed by atoms with E-state index in [4.69, 9.17) is 4.42 Å². The third-order valence-corrected chi connectivity index (χ3v) is 5.44. The number of rotatable bonds is 6. The highest BCUT2D eigenvalue weighted by molar-refractivity contribution is 7.87. The van der Waals surface area contributed by atoms with Gasteiger partial charge in [-0.1, -0.05) is 6.92 Å². The molecule has 8 heteroatoms. The highest BCUT2D eigenvalue weighted by atomic mass is 32.2. The number of aryl methyl sites for hydroxylation is 1. The first-order valence-electron chi connectivity index (χ1n) is 7.43. The van der Waals surface area contributed by atoms with E-state index in [1.54, 1.807) is 12.3 Å². The molecule has 0 saturated carbocycles. The van der Waals surface area contributed by atoms with Gasteiger partial charge in [-0.3, -0.25) is 5.10 Å². The summed E-state index contributed by atoms with van der Waals surface area (Å²) in [5, 5.41) is 6.94. The Morgan fingerprint density at radius 3 is 3.09 bits per heavy atom. The molecule has 1 saturated heterocycles. The van der Waals surface area contributed by atoms with Crippen LogP contribution < -0.4 is 4.72 Å². The number of nitrogens with one attached hydrogen (secondary N) is 2. The summed E-state index contributed by atoms with van der Waals surface area (Å²) in [5.41, 5.74) is 1.68. The fourth-order valence-corrected chi connectivity index (χ4v) is 4.14. The summed E-state index contributed by atoms with van der Waals surface area (Å²) in [6.07, 6.45) is 3.99. The second-order valence-electron chi connectivity index (χ2n) is 5.35. The Kier molecular flexibility index (Phi) is 4.32. The Morgan fingerprint density at radius 2 is 2.41 bits per heavy atom. The van der Waals surface area contributed by atoms with Crippen LogP contribution in [0.4, 0.5) is 0 Å². The van der Waals surface area contributed by atoms with Crippen molar-refractivity contribution >= 4 is 10.2 Å².